The standard InChI is InChI=1S/C24H37N5O3/c1-2-25-24(29-11-9-28(10-12-29)23(30)22-8-5-15-32-22)26-18-20-6-3-4-7-21(20)19-27-13-16-31-17-14-27/h3-4,6-7,22H,2,5,8-19H2,1H3,(H,25,26). The number of carbonyl (C=O) groups excluding carboxylic acids is 1. The molecule has 32 heavy (non-hydrogen) atoms. The van der Waals surface area contributed by atoms with Crippen molar-refractivity contribution < 1.29 is 14.3 Å². The van der Waals surface area contributed by atoms with E-state index in [1.54, 1.807) is 0 Å². The van der Waals surface area contributed by atoms with Crippen LogP contribution in [0.25, 0.3) is 0 Å². The fourth-order valence-electron chi connectivity index (χ4n) is 4.57. The molecule has 1 atom stereocenters. The second-order valence-corrected chi connectivity index (χ2v) is 8.64. The Balaban J connectivity index is 1.36. The summed E-state index contributed by atoms with van der Waals surface area (Å²) in [6.45, 7) is 11.8. The van der Waals surface area contributed by atoms with Gasteiger partial charge in [0.2, 0.25) is 0 Å². The maximum absolute atomic E-state index is 12.6. The molecule has 176 valence electrons. The lowest BCUT2D eigenvalue weighted by molar-refractivity contribution is -0.142. The summed E-state index contributed by atoms with van der Waals surface area (Å²) in [5.41, 5.74) is 2.60. The first-order valence-corrected chi connectivity index (χ1v) is 12.0. The summed E-state index contributed by atoms with van der Waals surface area (Å²) in [6, 6.07) is 8.60. The van der Waals surface area contributed by atoms with Crippen LogP contribution in [0.2, 0.25) is 0 Å². The number of rotatable bonds is 6. The van der Waals surface area contributed by atoms with E-state index in [9.17, 15) is 4.79 Å². The number of carbonyl (C=O) groups is 1. The molecule has 1 aromatic carbocycles. The molecule has 1 N–H and O–H groups in total. The molecule has 0 saturated carbocycles. The minimum absolute atomic E-state index is 0.154. The Kier molecular flexibility index (Phi) is 8.36. The Bertz CT molecular complexity index is 767. The van der Waals surface area contributed by atoms with Crippen molar-refractivity contribution in [3.63, 3.8) is 0 Å². The molecule has 8 heteroatoms. The number of hydrogen-bond acceptors (Lipinski definition) is 5. The van der Waals surface area contributed by atoms with Gasteiger partial charge in [-0.3, -0.25) is 9.69 Å². The van der Waals surface area contributed by atoms with Crippen LogP contribution in [0.5, 0.6) is 0 Å². The highest BCUT2D eigenvalue weighted by molar-refractivity contribution is 5.82. The molecule has 3 fully saturated rings. The molecular weight excluding hydrogens is 406 g/mol. The molecule has 1 amide bonds. The lowest BCUT2D eigenvalue weighted by atomic mass is 10.1. The fourth-order valence-corrected chi connectivity index (χ4v) is 4.57. The van der Waals surface area contributed by atoms with Gasteiger partial charge in [0.25, 0.3) is 5.91 Å². The Morgan fingerprint density at radius 2 is 1.75 bits per heavy atom. The summed E-state index contributed by atoms with van der Waals surface area (Å²) in [6.07, 6.45) is 1.61. The van der Waals surface area contributed by atoms with Crippen molar-refractivity contribution in [3.8, 4) is 0 Å². The zero-order valence-electron chi connectivity index (χ0n) is 19.3. The van der Waals surface area contributed by atoms with Gasteiger partial charge in [-0.2, -0.15) is 0 Å². The average molecular weight is 444 g/mol. The summed E-state index contributed by atoms with van der Waals surface area (Å²) < 4.78 is 11.1. The van der Waals surface area contributed by atoms with Gasteiger partial charge in [-0.25, -0.2) is 4.99 Å². The third-order valence-electron chi connectivity index (χ3n) is 6.45. The fraction of sp³-hybridized carbons (Fsp3) is 0.667. The van der Waals surface area contributed by atoms with Crippen LogP contribution in [0.1, 0.15) is 30.9 Å². The molecule has 1 aromatic rings. The quantitative estimate of drug-likeness (QED) is 0.528. The number of nitrogens with one attached hydrogen (secondary N) is 1. The molecule has 3 heterocycles. The van der Waals surface area contributed by atoms with Crippen molar-refractivity contribution in [1.29, 1.82) is 0 Å². The van der Waals surface area contributed by atoms with Crippen molar-refractivity contribution >= 4 is 11.9 Å². The predicted octanol–water partition coefficient (Wildman–Crippen LogP) is 1.31. The summed E-state index contributed by atoms with van der Waals surface area (Å²) >= 11 is 0. The molecule has 3 aliphatic heterocycles. The van der Waals surface area contributed by atoms with Crippen LogP contribution in [0.3, 0.4) is 0 Å². The van der Waals surface area contributed by atoms with Crippen LogP contribution in [0.15, 0.2) is 29.3 Å². The van der Waals surface area contributed by atoms with Gasteiger partial charge in [0.05, 0.1) is 19.8 Å². The maximum Gasteiger partial charge on any atom is 0.251 e. The van der Waals surface area contributed by atoms with Crippen molar-refractivity contribution in [1.82, 2.24) is 20.0 Å². The zero-order chi connectivity index (χ0) is 22.2. The van der Waals surface area contributed by atoms with Gasteiger partial charge >= 0.3 is 0 Å². The van der Waals surface area contributed by atoms with E-state index in [0.29, 0.717) is 13.2 Å². The molecule has 3 aliphatic rings. The van der Waals surface area contributed by atoms with E-state index in [4.69, 9.17) is 14.5 Å². The Labute approximate surface area is 191 Å². The predicted molar refractivity (Wildman–Crippen MR) is 124 cm³/mol. The first kappa shape index (κ1) is 23.0. The first-order valence-electron chi connectivity index (χ1n) is 12.0. The molecule has 1 unspecified atom stereocenters. The number of benzene rings is 1. The van der Waals surface area contributed by atoms with E-state index in [0.717, 1.165) is 84.4 Å². The van der Waals surface area contributed by atoms with Gasteiger partial charge in [-0.05, 0) is 30.9 Å². The zero-order valence-corrected chi connectivity index (χ0v) is 19.3. The number of morpholine rings is 1. The Morgan fingerprint density at radius 1 is 1.03 bits per heavy atom. The van der Waals surface area contributed by atoms with Crippen molar-refractivity contribution in [2.45, 2.75) is 39.0 Å². The Morgan fingerprint density at radius 3 is 2.44 bits per heavy atom. The summed E-state index contributed by atoms with van der Waals surface area (Å²) in [5, 5.41) is 3.44. The molecule has 0 aromatic heterocycles. The summed E-state index contributed by atoms with van der Waals surface area (Å²) in [7, 11) is 0. The molecule has 0 radical (unpaired) electrons. The smallest absolute Gasteiger partial charge is 0.251 e. The van der Waals surface area contributed by atoms with Crippen LogP contribution in [-0.2, 0) is 27.4 Å². The van der Waals surface area contributed by atoms with Crippen LogP contribution in [0.4, 0.5) is 0 Å². The normalized spacial score (nSPS) is 22.9. The highest BCUT2D eigenvalue weighted by atomic mass is 16.5. The Hall–Kier alpha value is -2.16. The second kappa shape index (κ2) is 11.6. The second-order valence-electron chi connectivity index (χ2n) is 8.64. The topological polar surface area (TPSA) is 69.6 Å². The lowest BCUT2D eigenvalue weighted by Gasteiger charge is -2.37. The molecule has 0 bridgehead atoms. The van der Waals surface area contributed by atoms with Gasteiger partial charge in [0.1, 0.15) is 6.10 Å². The molecule has 0 aliphatic carbocycles. The molecular formula is C24H37N5O3. The minimum atomic E-state index is -0.230. The van der Waals surface area contributed by atoms with Crippen LogP contribution >= 0.6 is 0 Å². The largest absolute Gasteiger partial charge is 0.379 e. The molecule has 3 saturated heterocycles. The van der Waals surface area contributed by atoms with Crippen molar-refractivity contribution in [2.24, 2.45) is 4.99 Å². The van der Waals surface area contributed by atoms with Crippen LogP contribution in [-0.4, -0.2) is 98.3 Å². The average Bonchev–Trinajstić information content (AvgIpc) is 3.38. The van der Waals surface area contributed by atoms with E-state index in [1.807, 2.05) is 4.90 Å². The number of amides is 1. The monoisotopic (exact) mass is 443 g/mol. The third-order valence-corrected chi connectivity index (χ3v) is 6.45. The van der Waals surface area contributed by atoms with E-state index >= 15 is 0 Å². The first-order chi connectivity index (χ1) is 15.7. The van der Waals surface area contributed by atoms with Crippen molar-refractivity contribution in [3.05, 3.63) is 35.4 Å². The van der Waals surface area contributed by atoms with Gasteiger partial charge in [-0.1, -0.05) is 24.3 Å². The van der Waals surface area contributed by atoms with Crippen LogP contribution in [0, 0.1) is 0 Å². The van der Waals surface area contributed by atoms with E-state index in [1.165, 1.54) is 11.1 Å². The van der Waals surface area contributed by atoms with Gasteiger partial charge in [0, 0.05) is 59.0 Å². The lowest BCUT2D eigenvalue weighted by Crippen LogP contribution is -2.55. The number of nitrogens with zero attached hydrogens (tertiary/aromatic N) is 4. The van der Waals surface area contributed by atoms with Gasteiger partial charge in [-0.15, -0.1) is 0 Å². The number of piperazine rings is 1. The number of ether oxygens (including phenoxy) is 2. The number of guanidine groups is 1. The number of hydrogen-bond donors (Lipinski definition) is 1. The van der Waals surface area contributed by atoms with E-state index in [2.05, 4.69) is 46.3 Å². The van der Waals surface area contributed by atoms with Gasteiger partial charge < -0.3 is 24.6 Å². The van der Waals surface area contributed by atoms with E-state index in [-0.39, 0.29) is 12.0 Å². The number of aliphatic imine (C=N–C) groups is 1. The highest BCUT2D eigenvalue weighted by Gasteiger charge is 2.30. The molecule has 0 spiro atoms. The van der Waals surface area contributed by atoms with Crippen molar-refractivity contribution in [2.75, 3.05) is 65.6 Å². The molecule has 8 nitrogen and oxygen atoms in total. The SMILES string of the molecule is CCNC(=NCc1ccccc1CN1CCOCC1)N1CCN(C(=O)C2CCCO2)CC1. The summed E-state index contributed by atoms with van der Waals surface area (Å²) in [4.78, 5) is 24.3. The van der Waals surface area contributed by atoms with Crippen LogP contribution < -0.4 is 5.32 Å². The highest BCUT2D eigenvalue weighted by Crippen LogP contribution is 2.17. The minimum Gasteiger partial charge on any atom is -0.379 e. The van der Waals surface area contributed by atoms with Gasteiger partial charge in [0.15, 0.2) is 5.96 Å². The summed E-state index contributed by atoms with van der Waals surface area (Å²) in [5.74, 6) is 1.08. The van der Waals surface area contributed by atoms with E-state index < -0.39 is 0 Å². The molecule has 4 rings (SSSR count). The maximum atomic E-state index is 12.6. The third kappa shape index (κ3) is 5.99.